The molecular weight excluding hydrogens is 409 g/mol. The topological polar surface area (TPSA) is 29.1 Å². The van der Waals surface area contributed by atoms with Crippen LogP contribution in [-0.2, 0) is 6.42 Å². The van der Waals surface area contributed by atoms with Crippen LogP contribution in [0.3, 0.4) is 0 Å². The van der Waals surface area contributed by atoms with Gasteiger partial charge in [-0.2, -0.15) is 0 Å². The van der Waals surface area contributed by atoms with E-state index in [1.54, 1.807) is 17.4 Å². The van der Waals surface area contributed by atoms with Crippen LogP contribution < -0.4 is 5.32 Å². The van der Waals surface area contributed by atoms with Gasteiger partial charge in [0.05, 0.1) is 8.81 Å². The standard InChI is InChI=1S/C15H10BrClFNOS2/c16-12-4-2-9(21-12)5-6-19-15(20)14-13(17)10-3-1-8(18)7-11(10)22-14/h1-4,7H,5-6H2,(H,19,20). The van der Waals surface area contributed by atoms with Crippen LogP contribution >= 0.6 is 50.2 Å². The molecule has 0 unspecified atom stereocenters. The molecule has 0 atom stereocenters. The highest BCUT2D eigenvalue weighted by molar-refractivity contribution is 9.11. The summed E-state index contributed by atoms with van der Waals surface area (Å²) >= 11 is 12.5. The maximum absolute atomic E-state index is 13.2. The van der Waals surface area contributed by atoms with Crippen LogP contribution in [0.25, 0.3) is 10.1 Å². The Balaban J connectivity index is 1.70. The van der Waals surface area contributed by atoms with E-state index in [-0.39, 0.29) is 11.7 Å². The summed E-state index contributed by atoms with van der Waals surface area (Å²) in [5, 5.41) is 3.95. The number of hydrogen-bond donors (Lipinski definition) is 1. The van der Waals surface area contributed by atoms with Crippen molar-refractivity contribution in [3.63, 3.8) is 0 Å². The fourth-order valence-electron chi connectivity index (χ4n) is 2.05. The van der Waals surface area contributed by atoms with E-state index in [2.05, 4.69) is 21.2 Å². The first-order valence-electron chi connectivity index (χ1n) is 6.44. The smallest absolute Gasteiger partial charge is 0.262 e. The van der Waals surface area contributed by atoms with Gasteiger partial charge in [-0.1, -0.05) is 11.6 Å². The third-order valence-corrected chi connectivity index (χ3v) is 6.42. The Morgan fingerprint density at radius 1 is 1.27 bits per heavy atom. The molecule has 0 fully saturated rings. The van der Waals surface area contributed by atoms with Gasteiger partial charge in [0.1, 0.15) is 10.7 Å². The number of benzene rings is 1. The van der Waals surface area contributed by atoms with Gasteiger partial charge in [0, 0.05) is 21.5 Å². The molecule has 2 nitrogen and oxygen atoms in total. The number of thiophene rings is 2. The summed E-state index contributed by atoms with van der Waals surface area (Å²) < 4.78 is 15.0. The quantitative estimate of drug-likeness (QED) is 0.596. The van der Waals surface area contributed by atoms with Crippen LogP contribution in [-0.4, -0.2) is 12.5 Å². The lowest BCUT2D eigenvalue weighted by Crippen LogP contribution is -2.24. The van der Waals surface area contributed by atoms with E-state index in [1.807, 2.05) is 12.1 Å². The van der Waals surface area contributed by atoms with Gasteiger partial charge in [0.15, 0.2) is 0 Å². The average Bonchev–Trinajstić information content (AvgIpc) is 3.03. The van der Waals surface area contributed by atoms with Gasteiger partial charge >= 0.3 is 0 Å². The largest absolute Gasteiger partial charge is 0.351 e. The fraction of sp³-hybridized carbons (Fsp3) is 0.133. The van der Waals surface area contributed by atoms with Gasteiger partial charge in [-0.25, -0.2) is 4.39 Å². The van der Waals surface area contributed by atoms with Gasteiger partial charge in [0.25, 0.3) is 5.91 Å². The van der Waals surface area contributed by atoms with E-state index in [1.165, 1.54) is 28.3 Å². The average molecular weight is 419 g/mol. The molecule has 0 radical (unpaired) electrons. The van der Waals surface area contributed by atoms with E-state index in [0.717, 1.165) is 10.2 Å². The highest BCUT2D eigenvalue weighted by Gasteiger charge is 2.17. The molecule has 0 aliphatic heterocycles. The third kappa shape index (κ3) is 3.35. The number of rotatable bonds is 4. The molecule has 1 N–H and O–H groups in total. The Bertz CT molecular complexity index is 845. The lowest BCUT2D eigenvalue weighted by molar-refractivity contribution is 0.0958. The van der Waals surface area contributed by atoms with E-state index in [4.69, 9.17) is 11.6 Å². The van der Waals surface area contributed by atoms with E-state index >= 15 is 0 Å². The number of halogens is 3. The highest BCUT2D eigenvalue weighted by atomic mass is 79.9. The maximum Gasteiger partial charge on any atom is 0.262 e. The summed E-state index contributed by atoms with van der Waals surface area (Å²) in [6.07, 6.45) is 0.763. The second-order valence-corrected chi connectivity index (χ2v) is 8.58. The highest BCUT2D eigenvalue weighted by Crippen LogP contribution is 2.35. The number of carbonyl (C=O) groups excluding carboxylic acids is 1. The zero-order valence-corrected chi connectivity index (χ0v) is 15.1. The Kier molecular flexibility index (Phi) is 4.82. The second kappa shape index (κ2) is 6.66. The van der Waals surface area contributed by atoms with Gasteiger partial charge in [-0.3, -0.25) is 4.79 Å². The molecule has 1 amide bonds. The summed E-state index contributed by atoms with van der Waals surface area (Å²) in [4.78, 5) is 13.8. The minimum atomic E-state index is -0.333. The molecule has 0 saturated heterocycles. The molecule has 1 aromatic carbocycles. The molecule has 2 aromatic heterocycles. The molecule has 114 valence electrons. The second-order valence-electron chi connectivity index (χ2n) is 4.60. The van der Waals surface area contributed by atoms with Crippen molar-refractivity contribution in [2.45, 2.75) is 6.42 Å². The molecule has 0 spiro atoms. The molecule has 0 saturated carbocycles. The van der Waals surface area contributed by atoms with E-state index in [0.29, 0.717) is 26.5 Å². The van der Waals surface area contributed by atoms with Crippen molar-refractivity contribution in [3.05, 3.63) is 54.7 Å². The van der Waals surface area contributed by atoms with Crippen molar-refractivity contribution >= 4 is 66.2 Å². The predicted molar refractivity (Wildman–Crippen MR) is 94.8 cm³/mol. The Labute approximate surface area is 148 Å². The summed E-state index contributed by atoms with van der Waals surface area (Å²) in [7, 11) is 0. The van der Waals surface area contributed by atoms with Crippen LogP contribution in [0.5, 0.6) is 0 Å². The van der Waals surface area contributed by atoms with Crippen molar-refractivity contribution < 1.29 is 9.18 Å². The third-order valence-electron chi connectivity index (χ3n) is 3.08. The minimum Gasteiger partial charge on any atom is -0.351 e. The van der Waals surface area contributed by atoms with Crippen LogP contribution in [0.2, 0.25) is 5.02 Å². The summed E-state index contributed by atoms with van der Waals surface area (Å²) in [5.41, 5.74) is 0. The number of carbonyl (C=O) groups is 1. The molecule has 3 rings (SSSR count). The first-order valence-corrected chi connectivity index (χ1v) is 9.25. The molecule has 7 heteroatoms. The number of amides is 1. The lowest BCUT2D eigenvalue weighted by Gasteiger charge is -2.02. The molecule has 3 aromatic rings. The first-order chi connectivity index (χ1) is 10.5. The molecule has 0 aliphatic rings. The first kappa shape index (κ1) is 15.9. The minimum absolute atomic E-state index is 0.220. The van der Waals surface area contributed by atoms with Crippen molar-refractivity contribution in [2.24, 2.45) is 0 Å². The molecule has 2 heterocycles. The van der Waals surface area contributed by atoms with Crippen LogP contribution in [0, 0.1) is 5.82 Å². The number of hydrogen-bond acceptors (Lipinski definition) is 3. The van der Waals surface area contributed by atoms with E-state index in [9.17, 15) is 9.18 Å². The van der Waals surface area contributed by atoms with Gasteiger partial charge in [0.2, 0.25) is 0 Å². The SMILES string of the molecule is O=C(NCCc1ccc(Br)s1)c1sc2cc(F)ccc2c1Cl. The van der Waals surface area contributed by atoms with E-state index < -0.39 is 0 Å². The van der Waals surface area contributed by atoms with Gasteiger partial charge in [-0.15, -0.1) is 22.7 Å². The van der Waals surface area contributed by atoms with Crippen molar-refractivity contribution in [1.82, 2.24) is 5.32 Å². The molecule has 0 bridgehead atoms. The molecule has 22 heavy (non-hydrogen) atoms. The summed E-state index contributed by atoms with van der Waals surface area (Å²) in [6.45, 7) is 0.532. The van der Waals surface area contributed by atoms with Gasteiger partial charge in [-0.05, 0) is 52.7 Å². The Morgan fingerprint density at radius 3 is 2.82 bits per heavy atom. The van der Waals surface area contributed by atoms with Gasteiger partial charge < -0.3 is 5.32 Å². The summed E-state index contributed by atoms with van der Waals surface area (Å²) in [5.74, 6) is -0.553. The predicted octanol–water partition coefficient (Wildman–Crippen LogP) is 5.49. The van der Waals surface area contributed by atoms with Crippen molar-refractivity contribution in [2.75, 3.05) is 6.54 Å². The maximum atomic E-state index is 13.2. The zero-order valence-electron chi connectivity index (χ0n) is 11.2. The van der Waals surface area contributed by atoms with Crippen LogP contribution in [0.1, 0.15) is 14.5 Å². The van der Waals surface area contributed by atoms with Crippen molar-refractivity contribution in [3.8, 4) is 0 Å². The van der Waals surface area contributed by atoms with Crippen LogP contribution in [0.4, 0.5) is 4.39 Å². The van der Waals surface area contributed by atoms with Crippen LogP contribution in [0.15, 0.2) is 34.1 Å². The number of fused-ring (bicyclic) bond motifs is 1. The molecular formula is C15H10BrClFNOS2. The normalized spacial score (nSPS) is 11.0. The fourth-order valence-corrected chi connectivity index (χ4v) is 4.99. The monoisotopic (exact) mass is 417 g/mol. The molecule has 0 aliphatic carbocycles. The zero-order chi connectivity index (χ0) is 15.7. The lowest BCUT2D eigenvalue weighted by atomic mass is 10.2. The Hall–Kier alpha value is -0.950. The van der Waals surface area contributed by atoms with Crippen molar-refractivity contribution in [1.29, 1.82) is 0 Å². The number of nitrogens with one attached hydrogen (secondary N) is 1. The summed E-state index contributed by atoms with van der Waals surface area (Å²) in [6, 6.07) is 8.35. The Morgan fingerprint density at radius 2 is 2.09 bits per heavy atom.